The lowest BCUT2D eigenvalue weighted by Crippen LogP contribution is -2.66. The molecule has 0 spiro atoms. The monoisotopic (exact) mass is 433 g/mol. The minimum Gasteiger partial charge on any atom is -0.367 e. The fourth-order valence-corrected chi connectivity index (χ4v) is 4.17. The summed E-state index contributed by atoms with van der Waals surface area (Å²) >= 11 is 0. The van der Waals surface area contributed by atoms with Crippen molar-refractivity contribution in [2.75, 3.05) is 13.7 Å². The van der Waals surface area contributed by atoms with E-state index in [1.165, 1.54) is 17.1 Å². The van der Waals surface area contributed by atoms with Crippen molar-refractivity contribution in [1.29, 1.82) is 0 Å². The number of nitrogens with zero attached hydrogens (tertiary/aromatic N) is 4. The Hall–Kier alpha value is -3.56. The molecule has 9 heteroatoms. The van der Waals surface area contributed by atoms with Crippen LogP contribution < -0.4 is 16.4 Å². The molecule has 0 fully saturated rings. The highest BCUT2D eigenvalue weighted by Gasteiger charge is 2.40. The SMILES string of the molecule is CN=C1NC(N)(c2ccc(-n3cnc(C)n3)c(F)c2)NC2=C1CCOC2c1ccccc1. The standard InChI is InChI=1S/C23H24FN7O/c1-14-27-13-31(30-14)19-9-8-16(12-18(19)24)23(25)28-20-17(22(26-2)29-23)10-11-32-21(20)15-6-4-3-5-7-15/h3-9,12-13,21,28H,10-11,25H2,1-2H3,(H,26,29). The Bertz CT molecular complexity index is 1220. The first-order valence-corrected chi connectivity index (χ1v) is 10.4. The number of ether oxygens (including phenoxy) is 1. The van der Waals surface area contributed by atoms with Crippen LogP contribution in [0.1, 0.15) is 29.5 Å². The third-order valence-corrected chi connectivity index (χ3v) is 5.74. The van der Waals surface area contributed by atoms with Gasteiger partial charge in [-0.05, 0) is 24.6 Å². The molecule has 3 aromatic rings. The molecular formula is C23H24FN7O. The number of aryl methyl sites for hydroxylation is 1. The van der Waals surface area contributed by atoms with Crippen LogP contribution in [0.4, 0.5) is 4.39 Å². The van der Waals surface area contributed by atoms with Crippen molar-refractivity contribution in [3.63, 3.8) is 0 Å². The van der Waals surface area contributed by atoms with Crippen LogP contribution in [0.2, 0.25) is 0 Å². The summed E-state index contributed by atoms with van der Waals surface area (Å²) in [5.41, 5.74) is 10.4. The normalized spacial score (nSPS) is 24.1. The van der Waals surface area contributed by atoms with E-state index in [9.17, 15) is 0 Å². The van der Waals surface area contributed by atoms with Gasteiger partial charge in [-0.15, -0.1) is 0 Å². The summed E-state index contributed by atoms with van der Waals surface area (Å²) < 4.78 is 22.6. The summed E-state index contributed by atoms with van der Waals surface area (Å²) in [5.74, 6) is -0.511. The molecule has 2 unspecified atom stereocenters. The quantitative estimate of drug-likeness (QED) is 0.586. The Morgan fingerprint density at radius 2 is 2.03 bits per heavy atom. The van der Waals surface area contributed by atoms with Crippen molar-refractivity contribution >= 4 is 5.84 Å². The highest BCUT2D eigenvalue weighted by atomic mass is 19.1. The Labute approximate surface area is 185 Å². The summed E-state index contributed by atoms with van der Waals surface area (Å²) in [6.45, 7) is 2.32. The summed E-state index contributed by atoms with van der Waals surface area (Å²) in [4.78, 5) is 8.49. The summed E-state index contributed by atoms with van der Waals surface area (Å²) in [6, 6.07) is 14.7. The second-order valence-electron chi connectivity index (χ2n) is 7.84. The second kappa shape index (κ2) is 7.85. The van der Waals surface area contributed by atoms with Crippen LogP contribution in [0.25, 0.3) is 5.69 Å². The van der Waals surface area contributed by atoms with Gasteiger partial charge in [-0.3, -0.25) is 10.7 Å². The van der Waals surface area contributed by atoms with E-state index in [4.69, 9.17) is 10.5 Å². The predicted molar refractivity (Wildman–Crippen MR) is 118 cm³/mol. The van der Waals surface area contributed by atoms with E-state index in [0.29, 0.717) is 35.9 Å². The highest BCUT2D eigenvalue weighted by Crippen LogP contribution is 2.36. The third kappa shape index (κ3) is 3.45. The lowest BCUT2D eigenvalue weighted by Gasteiger charge is -2.44. The molecule has 3 heterocycles. The van der Waals surface area contributed by atoms with Crippen molar-refractivity contribution in [2.24, 2.45) is 10.7 Å². The third-order valence-electron chi connectivity index (χ3n) is 5.74. The van der Waals surface area contributed by atoms with Gasteiger partial charge in [-0.2, -0.15) is 5.10 Å². The smallest absolute Gasteiger partial charge is 0.190 e. The Morgan fingerprint density at radius 3 is 2.72 bits per heavy atom. The van der Waals surface area contributed by atoms with E-state index in [1.807, 2.05) is 30.3 Å². The van der Waals surface area contributed by atoms with E-state index in [-0.39, 0.29) is 6.10 Å². The number of rotatable bonds is 3. The lowest BCUT2D eigenvalue weighted by molar-refractivity contribution is 0.0549. The van der Waals surface area contributed by atoms with Gasteiger partial charge in [0.05, 0.1) is 12.3 Å². The molecule has 4 N–H and O–H groups in total. The van der Waals surface area contributed by atoms with E-state index in [0.717, 1.165) is 16.8 Å². The fourth-order valence-electron chi connectivity index (χ4n) is 4.17. The Balaban J connectivity index is 1.54. The minimum atomic E-state index is -1.28. The van der Waals surface area contributed by atoms with Crippen LogP contribution in [-0.4, -0.2) is 34.3 Å². The minimum absolute atomic E-state index is 0.293. The van der Waals surface area contributed by atoms with Gasteiger partial charge >= 0.3 is 0 Å². The lowest BCUT2D eigenvalue weighted by atomic mass is 9.92. The van der Waals surface area contributed by atoms with Crippen LogP contribution in [0.15, 0.2) is 71.1 Å². The first kappa shape index (κ1) is 20.3. The molecule has 1 aromatic heterocycles. The second-order valence-corrected chi connectivity index (χ2v) is 7.84. The van der Waals surface area contributed by atoms with Crippen molar-refractivity contribution in [3.05, 3.63) is 88.9 Å². The van der Waals surface area contributed by atoms with E-state index < -0.39 is 11.6 Å². The number of hydrogen-bond acceptors (Lipinski definition) is 6. The predicted octanol–water partition coefficient (Wildman–Crippen LogP) is 2.42. The maximum Gasteiger partial charge on any atom is 0.190 e. The maximum absolute atomic E-state index is 15.1. The Kier molecular flexibility index (Phi) is 4.99. The Morgan fingerprint density at radius 1 is 1.22 bits per heavy atom. The van der Waals surface area contributed by atoms with Crippen LogP contribution in [0.3, 0.4) is 0 Å². The number of aromatic nitrogens is 3. The number of halogens is 1. The van der Waals surface area contributed by atoms with Gasteiger partial charge in [0.25, 0.3) is 0 Å². The number of aliphatic imine (C=N–C) groups is 1. The van der Waals surface area contributed by atoms with Gasteiger partial charge in [0, 0.05) is 24.6 Å². The van der Waals surface area contributed by atoms with E-state index in [2.05, 4.69) is 25.7 Å². The molecule has 0 bridgehead atoms. The van der Waals surface area contributed by atoms with Crippen LogP contribution in [-0.2, 0) is 10.5 Å². The molecule has 164 valence electrons. The first-order valence-electron chi connectivity index (χ1n) is 10.4. The molecule has 2 aliphatic rings. The van der Waals surface area contributed by atoms with Gasteiger partial charge < -0.3 is 15.4 Å². The summed E-state index contributed by atoms with van der Waals surface area (Å²) in [5, 5.41) is 10.8. The zero-order valence-corrected chi connectivity index (χ0v) is 17.8. The molecule has 2 aromatic carbocycles. The van der Waals surface area contributed by atoms with E-state index >= 15 is 4.39 Å². The van der Waals surface area contributed by atoms with Gasteiger partial charge in [0.2, 0.25) is 0 Å². The highest BCUT2D eigenvalue weighted by molar-refractivity contribution is 6.00. The zero-order chi connectivity index (χ0) is 22.3. The first-order chi connectivity index (χ1) is 15.5. The number of nitrogens with one attached hydrogen (secondary N) is 2. The van der Waals surface area contributed by atoms with Crippen molar-refractivity contribution in [3.8, 4) is 5.69 Å². The number of nitrogens with two attached hydrogens (primary N) is 1. The molecule has 32 heavy (non-hydrogen) atoms. The molecule has 0 aliphatic carbocycles. The largest absolute Gasteiger partial charge is 0.367 e. The summed E-state index contributed by atoms with van der Waals surface area (Å²) in [6.07, 6.45) is 1.86. The van der Waals surface area contributed by atoms with Crippen LogP contribution in [0, 0.1) is 12.7 Å². The molecule has 0 amide bonds. The molecule has 8 nitrogen and oxygen atoms in total. The molecule has 0 saturated carbocycles. The maximum atomic E-state index is 15.1. The topological polar surface area (TPSA) is 102 Å². The fraction of sp³-hybridized carbons (Fsp3) is 0.261. The molecule has 0 saturated heterocycles. The number of benzene rings is 2. The molecular weight excluding hydrogens is 409 g/mol. The molecule has 2 atom stereocenters. The van der Waals surface area contributed by atoms with Crippen molar-refractivity contribution < 1.29 is 9.13 Å². The molecule has 2 aliphatic heterocycles. The van der Waals surface area contributed by atoms with E-state index in [1.54, 1.807) is 26.1 Å². The van der Waals surface area contributed by atoms with Gasteiger partial charge in [0.1, 0.15) is 35.6 Å². The van der Waals surface area contributed by atoms with Gasteiger partial charge in [0.15, 0.2) is 5.79 Å². The van der Waals surface area contributed by atoms with Gasteiger partial charge in [-0.1, -0.05) is 36.4 Å². The number of amidine groups is 1. The molecule has 5 rings (SSSR count). The zero-order valence-electron chi connectivity index (χ0n) is 17.8. The average Bonchev–Trinajstić information content (AvgIpc) is 3.24. The van der Waals surface area contributed by atoms with Crippen molar-refractivity contribution in [2.45, 2.75) is 25.2 Å². The number of hydrogen-bond donors (Lipinski definition) is 3. The average molecular weight is 433 g/mol. The van der Waals surface area contributed by atoms with Gasteiger partial charge in [-0.25, -0.2) is 14.1 Å². The van der Waals surface area contributed by atoms with Crippen LogP contribution in [0.5, 0.6) is 0 Å². The summed E-state index contributed by atoms with van der Waals surface area (Å²) in [7, 11) is 1.71. The van der Waals surface area contributed by atoms with Crippen LogP contribution >= 0.6 is 0 Å². The van der Waals surface area contributed by atoms with Crippen molar-refractivity contribution in [1.82, 2.24) is 25.4 Å². The molecule has 0 radical (unpaired) electrons.